The number of hydrogen-bond acceptors (Lipinski definition) is 5. The topological polar surface area (TPSA) is 67.9 Å². The highest BCUT2D eigenvalue weighted by atomic mass is 16.7. The molecule has 2 aliphatic heterocycles. The maximum absolute atomic E-state index is 12.6. The number of nitrogens with one attached hydrogen (secondary N) is 1. The van der Waals surface area contributed by atoms with Crippen LogP contribution in [0.1, 0.15) is 26.3 Å². The molecule has 0 saturated carbocycles. The second kappa shape index (κ2) is 6.99. The van der Waals surface area contributed by atoms with Gasteiger partial charge in [-0.05, 0) is 17.7 Å². The van der Waals surface area contributed by atoms with Gasteiger partial charge in [0, 0.05) is 6.54 Å². The fourth-order valence-electron chi connectivity index (χ4n) is 3.36. The van der Waals surface area contributed by atoms with Crippen molar-refractivity contribution < 1.29 is 19.1 Å². The molecule has 2 aromatic rings. The molecule has 2 amide bonds. The van der Waals surface area contributed by atoms with E-state index >= 15 is 0 Å². The maximum atomic E-state index is 12.6. The van der Waals surface area contributed by atoms with Crippen molar-refractivity contribution in [1.82, 2.24) is 10.2 Å². The molecule has 1 fully saturated rings. The van der Waals surface area contributed by atoms with Crippen molar-refractivity contribution in [2.75, 3.05) is 26.3 Å². The molecule has 0 atom stereocenters. The van der Waals surface area contributed by atoms with E-state index in [-0.39, 0.29) is 18.4 Å². The van der Waals surface area contributed by atoms with Crippen molar-refractivity contribution in [2.45, 2.75) is 12.3 Å². The average molecular weight is 352 g/mol. The number of nitrogens with zero attached hydrogens (tertiary/aromatic N) is 1. The van der Waals surface area contributed by atoms with Gasteiger partial charge in [-0.15, -0.1) is 0 Å². The van der Waals surface area contributed by atoms with Crippen molar-refractivity contribution in [3.05, 3.63) is 71.3 Å². The van der Waals surface area contributed by atoms with Crippen molar-refractivity contribution in [3.8, 4) is 0 Å². The van der Waals surface area contributed by atoms with Crippen LogP contribution in [0.3, 0.4) is 0 Å². The van der Waals surface area contributed by atoms with Crippen molar-refractivity contribution in [3.63, 3.8) is 0 Å². The van der Waals surface area contributed by atoms with Gasteiger partial charge in [-0.3, -0.25) is 14.5 Å². The first-order valence-electron chi connectivity index (χ1n) is 8.66. The number of carbonyl (C=O) groups is 2. The molecule has 6 heteroatoms. The molecule has 0 unspecified atom stereocenters. The molecular weight excluding hydrogens is 332 g/mol. The van der Waals surface area contributed by atoms with Gasteiger partial charge in [0.25, 0.3) is 11.8 Å². The van der Waals surface area contributed by atoms with Gasteiger partial charge >= 0.3 is 0 Å². The first-order chi connectivity index (χ1) is 12.7. The number of fused-ring (bicyclic) bond motifs is 1. The van der Waals surface area contributed by atoms with Crippen molar-refractivity contribution in [1.29, 1.82) is 0 Å². The number of amides is 2. The van der Waals surface area contributed by atoms with Gasteiger partial charge in [-0.25, -0.2) is 0 Å². The van der Waals surface area contributed by atoms with Crippen LogP contribution in [0.2, 0.25) is 0 Å². The van der Waals surface area contributed by atoms with E-state index in [4.69, 9.17) is 9.47 Å². The number of imide groups is 1. The lowest BCUT2D eigenvalue weighted by atomic mass is 10.1. The van der Waals surface area contributed by atoms with E-state index in [2.05, 4.69) is 5.32 Å². The highest BCUT2D eigenvalue weighted by Crippen LogP contribution is 2.27. The lowest BCUT2D eigenvalue weighted by molar-refractivity contribution is -0.159. The minimum absolute atomic E-state index is 0.0706. The predicted octanol–water partition coefficient (Wildman–Crippen LogP) is 1.82. The molecule has 134 valence electrons. The average Bonchev–Trinajstić information content (AvgIpc) is 3.23. The van der Waals surface area contributed by atoms with E-state index < -0.39 is 5.79 Å². The van der Waals surface area contributed by atoms with Crippen LogP contribution in [0.25, 0.3) is 0 Å². The van der Waals surface area contributed by atoms with Gasteiger partial charge in [0.05, 0.1) is 37.4 Å². The molecule has 1 N–H and O–H groups in total. The monoisotopic (exact) mass is 352 g/mol. The summed E-state index contributed by atoms with van der Waals surface area (Å²) in [5.41, 5.74) is 2.01. The molecule has 2 aromatic carbocycles. The summed E-state index contributed by atoms with van der Waals surface area (Å²) in [6.45, 7) is 1.99. The first kappa shape index (κ1) is 16.9. The third-order valence-corrected chi connectivity index (χ3v) is 4.66. The summed E-state index contributed by atoms with van der Waals surface area (Å²) in [6, 6.07) is 16.8. The standard InChI is InChI=1S/C20H20N2O4/c23-18-16-8-4-5-9-17(16)19(24)22(18)14-20(25-10-11-26-20)13-21-12-15-6-2-1-3-7-15/h1-9,21H,10-14H2. The van der Waals surface area contributed by atoms with Crippen LogP contribution in [-0.4, -0.2) is 48.8 Å². The molecule has 2 heterocycles. The lowest BCUT2D eigenvalue weighted by Crippen LogP contribution is -2.52. The second-order valence-electron chi connectivity index (χ2n) is 6.44. The summed E-state index contributed by atoms with van der Waals surface area (Å²) < 4.78 is 11.6. The van der Waals surface area contributed by atoms with Gasteiger partial charge in [0.1, 0.15) is 0 Å². The van der Waals surface area contributed by atoms with E-state index in [9.17, 15) is 9.59 Å². The minimum Gasteiger partial charge on any atom is -0.345 e. The van der Waals surface area contributed by atoms with E-state index in [1.165, 1.54) is 4.90 Å². The van der Waals surface area contributed by atoms with Crippen LogP contribution in [0.5, 0.6) is 0 Å². The van der Waals surface area contributed by atoms with E-state index in [1.54, 1.807) is 24.3 Å². The largest absolute Gasteiger partial charge is 0.345 e. The first-order valence-corrected chi connectivity index (χ1v) is 8.66. The third-order valence-electron chi connectivity index (χ3n) is 4.66. The molecular formula is C20H20N2O4. The van der Waals surface area contributed by atoms with Crippen LogP contribution in [0.15, 0.2) is 54.6 Å². The zero-order valence-electron chi connectivity index (χ0n) is 14.3. The number of rotatable bonds is 6. The fraction of sp³-hybridized carbons (Fsp3) is 0.300. The maximum Gasteiger partial charge on any atom is 0.261 e. The van der Waals surface area contributed by atoms with Crippen LogP contribution in [0, 0.1) is 0 Å². The second-order valence-corrected chi connectivity index (χ2v) is 6.44. The van der Waals surface area contributed by atoms with Gasteiger partial charge in [0.2, 0.25) is 0 Å². The Bertz CT molecular complexity index is 781. The third kappa shape index (κ3) is 3.14. The van der Waals surface area contributed by atoms with Gasteiger partial charge < -0.3 is 14.8 Å². The summed E-state index contributed by atoms with van der Waals surface area (Å²) in [7, 11) is 0. The highest BCUT2D eigenvalue weighted by Gasteiger charge is 2.44. The molecule has 0 aromatic heterocycles. The summed E-state index contributed by atoms with van der Waals surface area (Å²) in [5, 5.41) is 3.31. The van der Waals surface area contributed by atoms with E-state index in [0.29, 0.717) is 37.4 Å². The smallest absolute Gasteiger partial charge is 0.261 e. The van der Waals surface area contributed by atoms with E-state index in [1.807, 2.05) is 30.3 Å². The number of ether oxygens (including phenoxy) is 2. The van der Waals surface area contributed by atoms with Crippen LogP contribution in [0.4, 0.5) is 0 Å². The Labute approximate surface area is 151 Å². The molecule has 1 saturated heterocycles. The summed E-state index contributed by atoms with van der Waals surface area (Å²) >= 11 is 0. The SMILES string of the molecule is O=C1c2ccccc2C(=O)N1CC1(CNCc2ccccc2)OCCO1. The highest BCUT2D eigenvalue weighted by molar-refractivity contribution is 6.21. The lowest BCUT2D eigenvalue weighted by Gasteiger charge is -2.31. The number of carbonyl (C=O) groups excluding carboxylic acids is 2. The molecule has 26 heavy (non-hydrogen) atoms. The van der Waals surface area contributed by atoms with Crippen LogP contribution >= 0.6 is 0 Å². The fourth-order valence-corrected chi connectivity index (χ4v) is 3.36. The van der Waals surface area contributed by atoms with Gasteiger partial charge in [-0.2, -0.15) is 0 Å². The number of benzene rings is 2. The summed E-state index contributed by atoms with van der Waals surface area (Å²) in [4.78, 5) is 26.4. The molecule has 0 spiro atoms. The zero-order chi connectivity index (χ0) is 18.0. The predicted molar refractivity (Wildman–Crippen MR) is 94.6 cm³/mol. The Balaban J connectivity index is 1.46. The van der Waals surface area contributed by atoms with Gasteiger partial charge in [0.15, 0.2) is 5.79 Å². The molecule has 4 rings (SSSR count). The van der Waals surface area contributed by atoms with Gasteiger partial charge in [-0.1, -0.05) is 42.5 Å². The van der Waals surface area contributed by atoms with Crippen molar-refractivity contribution in [2.24, 2.45) is 0 Å². The molecule has 0 bridgehead atoms. The quantitative estimate of drug-likeness (QED) is 0.803. The molecule has 0 aliphatic carbocycles. The zero-order valence-corrected chi connectivity index (χ0v) is 14.3. The van der Waals surface area contributed by atoms with Crippen molar-refractivity contribution >= 4 is 11.8 Å². The Hall–Kier alpha value is -2.54. The molecule has 2 aliphatic rings. The molecule has 0 radical (unpaired) electrons. The Morgan fingerprint density at radius 3 is 2.08 bits per heavy atom. The van der Waals surface area contributed by atoms with Crippen LogP contribution in [-0.2, 0) is 16.0 Å². The minimum atomic E-state index is -1.01. The summed E-state index contributed by atoms with van der Waals surface area (Å²) in [6.07, 6.45) is 0. The normalized spacial score (nSPS) is 18.4. The Kier molecular flexibility index (Phi) is 4.55. The van der Waals surface area contributed by atoms with E-state index in [0.717, 1.165) is 5.56 Å². The van der Waals surface area contributed by atoms with Crippen LogP contribution < -0.4 is 5.32 Å². The molecule has 6 nitrogen and oxygen atoms in total. The Morgan fingerprint density at radius 1 is 0.885 bits per heavy atom. The number of hydrogen-bond donors (Lipinski definition) is 1. The summed E-state index contributed by atoms with van der Waals surface area (Å²) in [5.74, 6) is -1.61. The Morgan fingerprint density at radius 2 is 1.46 bits per heavy atom.